The van der Waals surface area contributed by atoms with Crippen molar-refractivity contribution in [3.8, 4) is 10.7 Å². The molecular formula is C10H8N2O2S. The molecule has 0 aromatic carbocycles. The molecule has 0 unspecified atom stereocenters. The summed E-state index contributed by atoms with van der Waals surface area (Å²) < 4.78 is 0. The fourth-order valence-electron chi connectivity index (χ4n) is 1.24. The second-order valence-electron chi connectivity index (χ2n) is 3.05. The van der Waals surface area contributed by atoms with Crippen LogP contribution >= 0.6 is 11.3 Å². The lowest BCUT2D eigenvalue weighted by Gasteiger charge is -2.02. The van der Waals surface area contributed by atoms with Gasteiger partial charge in [-0.2, -0.15) is 0 Å². The normalized spacial score (nSPS) is 10.2. The van der Waals surface area contributed by atoms with E-state index in [1.54, 1.807) is 23.8 Å². The van der Waals surface area contributed by atoms with Crippen molar-refractivity contribution in [3.05, 3.63) is 35.0 Å². The highest BCUT2D eigenvalue weighted by Gasteiger charge is 2.14. The molecule has 2 heterocycles. The third kappa shape index (κ3) is 1.87. The van der Waals surface area contributed by atoms with Crippen LogP contribution in [0.4, 0.5) is 0 Å². The Morgan fingerprint density at radius 3 is 2.87 bits per heavy atom. The molecule has 15 heavy (non-hydrogen) atoms. The van der Waals surface area contributed by atoms with Crippen LogP contribution in [-0.2, 0) is 0 Å². The minimum Gasteiger partial charge on any atom is -0.478 e. The van der Waals surface area contributed by atoms with Crippen LogP contribution in [0.1, 0.15) is 15.9 Å². The molecule has 0 fully saturated rings. The number of nitrogens with zero attached hydrogens (tertiary/aromatic N) is 2. The smallest absolute Gasteiger partial charge is 0.338 e. The summed E-state index contributed by atoms with van der Waals surface area (Å²) >= 11 is 1.38. The zero-order valence-corrected chi connectivity index (χ0v) is 8.78. The van der Waals surface area contributed by atoms with Gasteiger partial charge in [-0.3, -0.25) is 4.98 Å². The molecular weight excluding hydrogens is 212 g/mol. The first-order chi connectivity index (χ1) is 7.18. The maximum absolute atomic E-state index is 11.0. The summed E-state index contributed by atoms with van der Waals surface area (Å²) in [5.74, 6) is -0.976. The molecule has 0 aliphatic carbocycles. The van der Waals surface area contributed by atoms with E-state index in [0.29, 0.717) is 10.7 Å². The topological polar surface area (TPSA) is 63.1 Å². The quantitative estimate of drug-likeness (QED) is 0.842. The molecule has 0 saturated carbocycles. The van der Waals surface area contributed by atoms with E-state index in [1.165, 1.54) is 11.3 Å². The zero-order chi connectivity index (χ0) is 10.8. The van der Waals surface area contributed by atoms with E-state index in [-0.39, 0.29) is 5.56 Å². The van der Waals surface area contributed by atoms with Crippen LogP contribution in [0.15, 0.2) is 23.8 Å². The van der Waals surface area contributed by atoms with Gasteiger partial charge in [0.1, 0.15) is 10.7 Å². The van der Waals surface area contributed by atoms with Crippen LogP contribution in [0.25, 0.3) is 10.7 Å². The Balaban J connectivity index is 2.61. The summed E-state index contributed by atoms with van der Waals surface area (Å²) in [5.41, 5.74) is 1.46. The van der Waals surface area contributed by atoms with E-state index < -0.39 is 5.97 Å². The van der Waals surface area contributed by atoms with Gasteiger partial charge in [0.05, 0.1) is 5.56 Å². The number of aromatic nitrogens is 2. The van der Waals surface area contributed by atoms with Gasteiger partial charge < -0.3 is 5.11 Å². The molecule has 2 aromatic heterocycles. The first-order valence-electron chi connectivity index (χ1n) is 4.28. The predicted octanol–water partition coefficient (Wildman–Crippen LogP) is 2.21. The molecule has 0 saturated heterocycles. The van der Waals surface area contributed by atoms with Gasteiger partial charge in [-0.1, -0.05) is 0 Å². The van der Waals surface area contributed by atoms with Gasteiger partial charge >= 0.3 is 5.97 Å². The molecule has 2 aromatic rings. The molecule has 0 bridgehead atoms. The van der Waals surface area contributed by atoms with Gasteiger partial charge in [0.2, 0.25) is 0 Å². The predicted molar refractivity (Wildman–Crippen MR) is 57.0 cm³/mol. The molecule has 0 aliphatic heterocycles. The number of hydrogen-bond donors (Lipinski definition) is 1. The molecule has 0 atom stereocenters. The second-order valence-corrected chi connectivity index (χ2v) is 3.95. The van der Waals surface area contributed by atoms with Crippen LogP contribution in [0, 0.1) is 6.92 Å². The number of carbonyl (C=O) groups is 1. The summed E-state index contributed by atoms with van der Waals surface area (Å²) in [6.07, 6.45) is 3.27. The summed E-state index contributed by atoms with van der Waals surface area (Å²) in [4.78, 5) is 19.2. The van der Waals surface area contributed by atoms with Gasteiger partial charge in [0, 0.05) is 17.8 Å². The maximum Gasteiger partial charge on any atom is 0.338 e. The van der Waals surface area contributed by atoms with Crippen molar-refractivity contribution in [2.75, 3.05) is 0 Å². The van der Waals surface area contributed by atoms with E-state index in [0.717, 1.165) is 5.56 Å². The van der Waals surface area contributed by atoms with Gasteiger partial charge in [0.15, 0.2) is 0 Å². The molecule has 0 spiro atoms. The van der Waals surface area contributed by atoms with Crippen LogP contribution in [-0.4, -0.2) is 21.0 Å². The van der Waals surface area contributed by atoms with Crippen molar-refractivity contribution in [2.45, 2.75) is 6.92 Å². The van der Waals surface area contributed by atoms with Gasteiger partial charge in [0.25, 0.3) is 0 Å². The summed E-state index contributed by atoms with van der Waals surface area (Å²) in [5, 5.41) is 11.5. The van der Waals surface area contributed by atoms with Crippen molar-refractivity contribution < 1.29 is 9.90 Å². The Kier molecular flexibility index (Phi) is 2.47. The van der Waals surface area contributed by atoms with Crippen molar-refractivity contribution in [1.82, 2.24) is 9.97 Å². The molecule has 2 rings (SSSR count). The van der Waals surface area contributed by atoms with E-state index in [2.05, 4.69) is 9.97 Å². The number of rotatable bonds is 2. The number of hydrogen-bond acceptors (Lipinski definition) is 4. The Labute approximate surface area is 90.3 Å². The average Bonchev–Trinajstić information content (AvgIpc) is 2.70. The molecule has 5 heteroatoms. The van der Waals surface area contributed by atoms with Gasteiger partial charge in [-0.25, -0.2) is 9.78 Å². The first-order valence-corrected chi connectivity index (χ1v) is 5.16. The van der Waals surface area contributed by atoms with Crippen LogP contribution in [0.2, 0.25) is 0 Å². The number of aromatic carboxylic acids is 1. The van der Waals surface area contributed by atoms with Gasteiger partial charge in [-0.15, -0.1) is 11.3 Å². The maximum atomic E-state index is 11.0. The molecule has 0 amide bonds. The summed E-state index contributed by atoms with van der Waals surface area (Å²) in [6.45, 7) is 1.81. The lowest BCUT2D eigenvalue weighted by Crippen LogP contribution is -2.02. The Morgan fingerprint density at radius 1 is 1.47 bits per heavy atom. The SMILES string of the molecule is Cc1cnc(-c2nccs2)c(C(=O)O)c1. The van der Waals surface area contributed by atoms with Crippen LogP contribution in [0.5, 0.6) is 0 Å². The van der Waals surface area contributed by atoms with E-state index in [9.17, 15) is 4.79 Å². The highest BCUT2D eigenvalue weighted by molar-refractivity contribution is 7.13. The number of thiazole rings is 1. The Morgan fingerprint density at radius 2 is 2.27 bits per heavy atom. The summed E-state index contributed by atoms with van der Waals surface area (Å²) in [6, 6.07) is 1.60. The molecule has 76 valence electrons. The third-order valence-corrected chi connectivity index (χ3v) is 2.67. The fourth-order valence-corrected chi connectivity index (χ4v) is 1.89. The fraction of sp³-hybridized carbons (Fsp3) is 0.100. The molecule has 0 radical (unpaired) electrons. The first kappa shape index (κ1) is 9.79. The highest BCUT2D eigenvalue weighted by atomic mass is 32.1. The number of pyridine rings is 1. The molecule has 0 aliphatic rings. The van der Waals surface area contributed by atoms with E-state index >= 15 is 0 Å². The number of carboxylic acid groups (broad SMARTS) is 1. The average molecular weight is 220 g/mol. The number of carboxylic acids is 1. The molecule has 4 nitrogen and oxygen atoms in total. The molecule has 1 N–H and O–H groups in total. The Hall–Kier alpha value is -1.75. The minimum atomic E-state index is -0.976. The zero-order valence-electron chi connectivity index (χ0n) is 7.97. The van der Waals surface area contributed by atoms with Crippen molar-refractivity contribution in [3.63, 3.8) is 0 Å². The van der Waals surface area contributed by atoms with E-state index in [4.69, 9.17) is 5.11 Å². The van der Waals surface area contributed by atoms with Crippen molar-refractivity contribution in [1.29, 1.82) is 0 Å². The van der Waals surface area contributed by atoms with Crippen LogP contribution < -0.4 is 0 Å². The Bertz CT molecular complexity index is 494. The lowest BCUT2D eigenvalue weighted by molar-refractivity contribution is 0.0697. The lowest BCUT2D eigenvalue weighted by atomic mass is 10.1. The highest BCUT2D eigenvalue weighted by Crippen LogP contribution is 2.23. The largest absolute Gasteiger partial charge is 0.478 e. The third-order valence-electron chi connectivity index (χ3n) is 1.89. The van der Waals surface area contributed by atoms with Gasteiger partial charge in [-0.05, 0) is 18.6 Å². The summed E-state index contributed by atoms with van der Waals surface area (Å²) in [7, 11) is 0. The second kappa shape index (κ2) is 3.78. The van der Waals surface area contributed by atoms with Crippen molar-refractivity contribution in [2.24, 2.45) is 0 Å². The minimum absolute atomic E-state index is 0.199. The van der Waals surface area contributed by atoms with E-state index in [1.807, 2.05) is 6.92 Å². The standard InChI is InChI=1S/C10H8N2O2S/c1-6-4-7(10(13)14)8(12-5-6)9-11-2-3-15-9/h2-5H,1H3,(H,13,14). The van der Waals surface area contributed by atoms with Crippen molar-refractivity contribution >= 4 is 17.3 Å². The van der Waals surface area contributed by atoms with Crippen LogP contribution in [0.3, 0.4) is 0 Å². The number of aryl methyl sites for hydroxylation is 1. The monoisotopic (exact) mass is 220 g/mol.